The molecule has 21 heavy (non-hydrogen) atoms. The van der Waals surface area contributed by atoms with Crippen molar-refractivity contribution in [3.8, 4) is 0 Å². The number of imidazole rings is 1. The topological polar surface area (TPSA) is 64.0 Å². The Bertz CT molecular complexity index is 766. The summed E-state index contributed by atoms with van der Waals surface area (Å²) in [6, 6.07) is 5.48. The van der Waals surface area contributed by atoms with Crippen molar-refractivity contribution in [2.24, 2.45) is 0 Å². The molecule has 1 heterocycles. The molecule has 1 aliphatic rings. The van der Waals surface area contributed by atoms with E-state index in [0.717, 1.165) is 12.1 Å². The van der Waals surface area contributed by atoms with Gasteiger partial charge in [0.15, 0.2) is 9.84 Å². The quantitative estimate of drug-likeness (QED) is 0.918. The Morgan fingerprint density at radius 1 is 1.43 bits per heavy atom. The number of halogens is 1. The van der Waals surface area contributed by atoms with Gasteiger partial charge in [-0.1, -0.05) is 11.6 Å². The van der Waals surface area contributed by atoms with Gasteiger partial charge in [0.25, 0.3) is 0 Å². The van der Waals surface area contributed by atoms with Crippen molar-refractivity contribution >= 4 is 27.1 Å². The number of sulfone groups is 1. The molecule has 3 rings (SSSR count). The molecule has 2 aromatic rings. The smallest absolute Gasteiger partial charge is 0.177 e. The van der Waals surface area contributed by atoms with E-state index in [-0.39, 0.29) is 9.92 Å². The summed E-state index contributed by atoms with van der Waals surface area (Å²) in [7, 11) is -3.33. The average Bonchev–Trinajstić information content (AvgIpc) is 3.15. The van der Waals surface area contributed by atoms with Gasteiger partial charge in [-0.05, 0) is 31.0 Å². The van der Waals surface area contributed by atoms with Crippen molar-refractivity contribution in [1.29, 1.82) is 0 Å². The summed E-state index contributed by atoms with van der Waals surface area (Å²) in [6.07, 6.45) is 7.32. The fraction of sp³-hybridized carbons (Fsp3) is 0.357. The van der Waals surface area contributed by atoms with Gasteiger partial charge < -0.3 is 9.88 Å². The maximum Gasteiger partial charge on any atom is 0.177 e. The summed E-state index contributed by atoms with van der Waals surface area (Å²) in [4.78, 5) is 4.48. The summed E-state index contributed by atoms with van der Waals surface area (Å²) >= 11 is 5.93. The van der Waals surface area contributed by atoms with E-state index < -0.39 is 9.84 Å². The van der Waals surface area contributed by atoms with Crippen molar-refractivity contribution in [2.45, 2.75) is 30.3 Å². The van der Waals surface area contributed by atoms with Crippen LogP contribution in [-0.4, -0.2) is 24.2 Å². The monoisotopic (exact) mass is 325 g/mol. The molecule has 7 heteroatoms. The highest BCUT2D eigenvalue weighted by molar-refractivity contribution is 7.90. The van der Waals surface area contributed by atoms with Crippen LogP contribution in [0.2, 0.25) is 5.02 Å². The van der Waals surface area contributed by atoms with E-state index in [2.05, 4.69) is 14.9 Å². The summed E-state index contributed by atoms with van der Waals surface area (Å²) in [5.41, 5.74) is 0.713. The number of rotatable bonds is 5. The van der Waals surface area contributed by atoms with E-state index in [9.17, 15) is 8.42 Å². The molecule has 1 saturated carbocycles. The van der Waals surface area contributed by atoms with Crippen LogP contribution in [0.3, 0.4) is 0 Å². The summed E-state index contributed by atoms with van der Waals surface area (Å²) in [5, 5.41) is 3.44. The minimum absolute atomic E-state index is 0.139. The van der Waals surface area contributed by atoms with Gasteiger partial charge in [-0.2, -0.15) is 0 Å². The van der Waals surface area contributed by atoms with Crippen molar-refractivity contribution in [2.75, 3.05) is 11.6 Å². The predicted octanol–water partition coefficient (Wildman–Crippen LogP) is 2.89. The molecule has 1 aromatic heterocycles. The van der Waals surface area contributed by atoms with E-state index in [1.165, 1.54) is 12.8 Å². The maximum absolute atomic E-state index is 11.7. The number of benzene rings is 1. The third-order valence-electron chi connectivity index (χ3n) is 3.47. The van der Waals surface area contributed by atoms with E-state index in [1.54, 1.807) is 24.4 Å². The van der Waals surface area contributed by atoms with Crippen LogP contribution in [-0.2, 0) is 16.4 Å². The molecule has 1 aromatic carbocycles. The summed E-state index contributed by atoms with van der Waals surface area (Å²) in [5.74, 6) is 0.952. The fourth-order valence-corrected chi connectivity index (χ4v) is 3.55. The van der Waals surface area contributed by atoms with Gasteiger partial charge in [0.2, 0.25) is 0 Å². The molecule has 0 unspecified atom stereocenters. The molecular weight excluding hydrogens is 310 g/mol. The number of anilines is 1. The van der Waals surface area contributed by atoms with Gasteiger partial charge in [0.05, 0.1) is 16.5 Å². The van der Waals surface area contributed by atoms with Gasteiger partial charge in [-0.15, -0.1) is 0 Å². The molecule has 5 nitrogen and oxygen atoms in total. The van der Waals surface area contributed by atoms with Crippen LogP contribution in [0.1, 0.15) is 24.7 Å². The average molecular weight is 326 g/mol. The number of nitrogens with zero attached hydrogens (tertiary/aromatic N) is 2. The highest BCUT2D eigenvalue weighted by Gasteiger charge is 2.25. The van der Waals surface area contributed by atoms with Gasteiger partial charge in [-0.25, -0.2) is 13.4 Å². The van der Waals surface area contributed by atoms with Gasteiger partial charge in [0, 0.05) is 30.4 Å². The standard InChI is InChI=1S/C14H16ClN3O2S/c1-21(19,20)13-8-10(2-5-12(13)15)17-9-14-16-6-7-18(14)11-3-4-11/h2,5-8,11,17H,3-4,9H2,1H3. The molecule has 0 aliphatic heterocycles. The molecule has 0 amide bonds. The summed E-state index contributed by atoms with van der Waals surface area (Å²) < 4.78 is 25.5. The van der Waals surface area contributed by atoms with Crippen LogP contribution in [0.4, 0.5) is 5.69 Å². The number of hydrogen-bond acceptors (Lipinski definition) is 4. The minimum atomic E-state index is -3.33. The second-order valence-electron chi connectivity index (χ2n) is 5.25. The summed E-state index contributed by atoms with van der Waals surface area (Å²) in [6.45, 7) is 0.550. The van der Waals surface area contributed by atoms with Crippen molar-refractivity contribution < 1.29 is 8.42 Å². The second kappa shape index (κ2) is 5.35. The molecule has 112 valence electrons. The van der Waals surface area contributed by atoms with E-state index in [4.69, 9.17) is 11.6 Å². The van der Waals surface area contributed by atoms with Crippen LogP contribution in [0.25, 0.3) is 0 Å². The van der Waals surface area contributed by atoms with Gasteiger partial charge in [0.1, 0.15) is 5.82 Å². The van der Waals surface area contributed by atoms with Crippen LogP contribution >= 0.6 is 11.6 Å². The van der Waals surface area contributed by atoms with Crippen molar-refractivity contribution in [1.82, 2.24) is 9.55 Å². The fourth-order valence-electron chi connectivity index (χ4n) is 2.24. The Morgan fingerprint density at radius 3 is 2.86 bits per heavy atom. The van der Waals surface area contributed by atoms with Crippen LogP contribution < -0.4 is 5.32 Å². The largest absolute Gasteiger partial charge is 0.378 e. The number of aromatic nitrogens is 2. The first kappa shape index (κ1) is 14.4. The molecule has 0 bridgehead atoms. The van der Waals surface area contributed by atoms with E-state index in [1.807, 2.05) is 6.20 Å². The number of nitrogens with one attached hydrogen (secondary N) is 1. The molecule has 0 radical (unpaired) electrons. The highest BCUT2D eigenvalue weighted by Crippen LogP contribution is 2.35. The number of hydrogen-bond donors (Lipinski definition) is 1. The second-order valence-corrected chi connectivity index (χ2v) is 7.64. The SMILES string of the molecule is CS(=O)(=O)c1cc(NCc2nccn2C2CC2)ccc1Cl. The van der Waals surface area contributed by atoms with Crippen molar-refractivity contribution in [3.63, 3.8) is 0 Å². The van der Waals surface area contributed by atoms with Gasteiger partial charge in [-0.3, -0.25) is 0 Å². The van der Waals surface area contributed by atoms with Crippen LogP contribution in [0.15, 0.2) is 35.5 Å². The molecule has 0 spiro atoms. The van der Waals surface area contributed by atoms with E-state index >= 15 is 0 Å². The molecule has 1 fully saturated rings. The van der Waals surface area contributed by atoms with Crippen molar-refractivity contribution in [3.05, 3.63) is 41.4 Å². The predicted molar refractivity (Wildman–Crippen MR) is 82.4 cm³/mol. The van der Waals surface area contributed by atoms with E-state index in [0.29, 0.717) is 18.3 Å². The zero-order valence-electron chi connectivity index (χ0n) is 11.6. The molecule has 0 saturated heterocycles. The normalized spacial score (nSPS) is 15.1. The first-order valence-corrected chi connectivity index (χ1v) is 8.97. The van der Waals surface area contributed by atoms with Gasteiger partial charge >= 0.3 is 0 Å². The minimum Gasteiger partial charge on any atom is -0.378 e. The Kier molecular flexibility index (Phi) is 3.67. The maximum atomic E-state index is 11.7. The lowest BCUT2D eigenvalue weighted by Gasteiger charge is -2.10. The first-order chi connectivity index (χ1) is 9.95. The Labute approximate surface area is 128 Å². The Balaban J connectivity index is 1.78. The molecule has 1 aliphatic carbocycles. The highest BCUT2D eigenvalue weighted by atomic mass is 35.5. The van der Waals surface area contributed by atoms with Crippen LogP contribution in [0.5, 0.6) is 0 Å². The zero-order chi connectivity index (χ0) is 15.0. The molecule has 1 N–H and O–H groups in total. The lowest BCUT2D eigenvalue weighted by atomic mass is 10.3. The third-order valence-corrected chi connectivity index (χ3v) is 5.05. The Morgan fingerprint density at radius 2 is 2.19 bits per heavy atom. The Hall–Kier alpha value is -1.53. The molecule has 0 atom stereocenters. The third kappa shape index (κ3) is 3.22. The first-order valence-electron chi connectivity index (χ1n) is 6.70. The van der Waals surface area contributed by atoms with Crippen LogP contribution in [0, 0.1) is 0 Å². The lowest BCUT2D eigenvalue weighted by molar-refractivity contribution is 0.602. The molecular formula is C14H16ClN3O2S. The zero-order valence-corrected chi connectivity index (χ0v) is 13.2. The lowest BCUT2D eigenvalue weighted by Crippen LogP contribution is -2.08.